The molecule has 0 N–H and O–H groups in total. The van der Waals surface area contributed by atoms with Gasteiger partial charge in [0, 0.05) is 18.4 Å². The molecule has 30 heavy (non-hydrogen) atoms. The van der Waals surface area contributed by atoms with E-state index < -0.39 is 0 Å². The van der Waals surface area contributed by atoms with Crippen LogP contribution in [0.25, 0.3) is 0 Å². The summed E-state index contributed by atoms with van der Waals surface area (Å²) in [5, 5.41) is 0. The maximum atomic E-state index is 5.58. The molecule has 1 unspecified atom stereocenters. The molecule has 0 spiro atoms. The van der Waals surface area contributed by atoms with E-state index in [1.807, 2.05) is 12.1 Å². The van der Waals surface area contributed by atoms with Crippen molar-refractivity contribution < 1.29 is 52.1 Å². The summed E-state index contributed by atoms with van der Waals surface area (Å²) in [4.78, 5) is 0. The molecule has 0 aliphatic carbocycles. The minimum absolute atomic E-state index is 0. The second-order valence-corrected chi connectivity index (χ2v) is 7.91. The molecule has 0 radical (unpaired) electrons. The zero-order valence-electron chi connectivity index (χ0n) is 18.9. The zero-order valence-corrected chi connectivity index (χ0v) is 21.0. The molecule has 6 nitrogen and oxygen atoms in total. The van der Waals surface area contributed by atoms with Crippen LogP contribution in [0.4, 0.5) is 0 Å². The lowest BCUT2D eigenvalue weighted by Gasteiger charge is -2.43. The normalized spacial score (nSPS) is 16.7. The van der Waals surface area contributed by atoms with E-state index in [-0.39, 0.29) is 30.0 Å². The number of hydrogen-bond donors (Lipinski definition) is 0. The fourth-order valence-corrected chi connectivity index (χ4v) is 4.24. The quantitative estimate of drug-likeness (QED) is 0.390. The highest BCUT2D eigenvalue weighted by Crippen LogP contribution is 2.44. The van der Waals surface area contributed by atoms with Gasteiger partial charge in [-0.3, -0.25) is 0 Å². The van der Waals surface area contributed by atoms with Crippen LogP contribution < -0.4 is 47.7 Å². The number of likely N-dealkylation sites (N-methyl/N-ethyl adjacent to an activating group) is 1. The molecule has 166 valence electrons. The lowest BCUT2D eigenvalue weighted by molar-refractivity contribution is -0.923. The van der Waals surface area contributed by atoms with Gasteiger partial charge in [0.2, 0.25) is 5.75 Å². The number of nitrogens with zero attached hydrogens (tertiary/aromatic N) is 1. The SMILES string of the molecule is COc1cc2c(cc1OC)C(Cc1cc(OC)c(OC)c(OC)c1)[N+](C)(C)CC2.[I-]. The molecule has 1 heterocycles. The molecular weight excluding hydrogens is 497 g/mol. The highest BCUT2D eigenvalue weighted by molar-refractivity contribution is 5.54. The summed E-state index contributed by atoms with van der Waals surface area (Å²) in [5.74, 6) is 3.52. The Kier molecular flexibility index (Phi) is 8.10. The van der Waals surface area contributed by atoms with Gasteiger partial charge in [-0.1, -0.05) is 0 Å². The predicted molar refractivity (Wildman–Crippen MR) is 113 cm³/mol. The molecule has 0 bridgehead atoms. The Balaban J connectivity index is 0.00000320. The lowest BCUT2D eigenvalue weighted by atomic mass is 9.86. The summed E-state index contributed by atoms with van der Waals surface area (Å²) in [6.07, 6.45) is 1.85. The van der Waals surface area contributed by atoms with E-state index in [0.29, 0.717) is 17.2 Å². The Morgan fingerprint density at radius 1 is 0.767 bits per heavy atom. The monoisotopic (exact) mass is 529 g/mol. The van der Waals surface area contributed by atoms with E-state index >= 15 is 0 Å². The first-order valence-electron chi connectivity index (χ1n) is 9.74. The third-order valence-electron chi connectivity index (χ3n) is 5.96. The van der Waals surface area contributed by atoms with Gasteiger partial charge >= 0.3 is 0 Å². The highest BCUT2D eigenvalue weighted by atomic mass is 127. The van der Waals surface area contributed by atoms with Crippen molar-refractivity contribution in [1.29, 1.82) is 0 Å². The van der Waals surface area contributed by atoms with Gasteiger partial charge in [-0.15, -0.1) is 0 Å². The number of rotatable bonds is 7. The average Bonchev–Trinajstić information content (AvgIpc) is 2.73. The van der Waals surface area contributed by atoms with Crippen LogP contribution >= 0.6 is 0 Å². The summed E-state index contributed by atoms with van der Waals surface area (Å²) in [7, 11) is 12.8. The van der Waals surface area contributed by atoms with E-state index in [0.717, 1.165) is 40.9 Å². The number of hydrogen-bond acceptors (Lipinski definition) is 5. The largest absolute Gasteiger partial charge is 1.00 e. The van der Waals surface area contributed by atoms with Crippen molar-refractivity contribution in [2.75, 3.05) is 56.2 Å². The smallest absolute Gasteiger partial charge is 0.203 e. The molecule has 0 aromatic heterocycles. The molecule has 2 aromatic rings. The third-order valence-corrected chi connectivity index (χ3v) is 5.96. The van der Waals surface area contributed by atoms with Gasteiger partial charge in [-0.25, -0.2) is 0 Å². The molecule has 0 amide bonds. The Labute approximate surface area is 196 Å². The molecule has 0 saturated heterocycles. The van der Waals surface area contributed by atoms with Gasteiger partial charge in [0.25, 0.3) is 0 Å². The van der Waals surface area contributed by atoms with E-state index in [1.165, 1.54) is 11.1 Å². The molecule has 1 aliphatic heterocycles. The maximum Gasteiger partial charge on any atom is 0.203 e. The van der Waals surface area contributed by atoms with E-state index in [1.54, 1.807) is 35.5 Å². The topological polar surface area (TPSA) is 46.2 Å². The minimum atomic E-state index is 0. The molecule has 1 atom stereocenters. The van der Waals surface area contributed by atoms with Gasteiger partial charge in [-0.05, 0) is 35.4 Å². The lowest BCUT2D eigenvalue weighted by Crippen LogP contribution is -3.00. The van der Waals surface area contributed by atoms with Crippen LogP contribution in [0.3, 0.4) is 0 Å². The van der Waals surface area contributed by atoms with Crippen LogP contribution in [0.2, 0.25) is 0 Å². The summed E-state index contributed by atoms with van der Waals surface area (Å²) in [6, 6.07) is 8.60. The van der Waals surface area contributed by atoms with Gasteiger partial charge in [0.1, 0.15) is 6.04 Å². The molecule has 7 heteroatoms. The van der Waals surface area contributed by atoms with Crippen LogP contribution in [0.5, 0.6) is 28.7 Å². The Morgan fingerprint density at radius 2 is 1.30 bits per heavy atom. The molecule has 1 aliphatic rings. The second-order valence-electron chi connectivity index (χ2n) is 7.91. The molecular formula is C23H32INO5. The number of ether oxygens (including phenoxy) is 5. The van der Waals surface area contributed by atoms with Crippen LogP contribution in [0.15, 0.2) is 24.3 Å². The van der Waals surface area contributed by atoms with Crippen molar-refractivity contribution in [3.8, 4) is 28.7 Å². The number of fused-ring (bicyclic) bond motifs is 1. The van der Waals surface area contributed by atoms with Crippen molar-refractivity contribution >= 4 is 0 Å². The Morgan fingerprint density at radius 3 is 1.80 bits per heavy atom. The highest BCUT2D eigenvalue weighted by Gasteiger charge is 2.37. The number of halogens is 1. The Hall–Kier alpha value is -1.87. The molecule has 2 aromatic carbocycles. The van der Waals surface area contributed by atoms with Crippen LogP contribution in [0, 0.1) is 0 Å². The number of benzene rings is 2. The number of methoxy groups -OCH3 is 5. The minimum Gasteiger partial charge on any atom is -1.00 e. The van der Waals surface area contributed by atoms with Crippen molar-refractivity contribution in [3.05, 3.63) is 41.0 Å². The first-order valence-corrected chi connectivity index (χ1v) is 9.74. The number of quaternary nitrogens is 1. The standard InChI is InChI=1S/C23H32NO5.HI/c1-24(2)9-8-16-13-19(25-3)20(26-4)14-17(16)18(24)10-15-11-21(27-5)23(29-7)22(12-15)28-6;/h11-14,18H,8-10H2,1-7H3;1H/q+1;/p-1. The first kappa shape index (κ1) is 24.4. The van der Waals surface area contributed by atoms with Crippen molar-refractivity contribution in [3.63, 3.8) is 0 Å². The fraction of sp³-hybridized carbons (Fsp3) is 0.478. The summed E-state index contributed by atoms with van der Waals surface area (Å²) < 4.78 is 28.6. The maximum absolute atomic E-state index is 5.58. The molecule has 3 rings (SSSR count). The average molecular weight is 529 g/mol. The predicted octanol–water partition coefficient (Wildman–Crippen LogP) is 0.650. The first-order chi connectivity index (χ1) is 13.9. The van der Waals surface area contributed by atoms with E-state index in [2.05, 4.69) is 26.2 Å². The summed E-state index contributed by atoms with van der Waals surface area (Å²) >= 11 is 0. The Bertz CT molecular complexity index is 859. The van der Waals surface area contributed by atoms with Crippen molar-refractivity contribution in [1.82, 2.24) is 0 Å². The van der Waals surface area contributed by atoms with Crippen LogP contribution in [-0.4, -0.2) is 60.7 Å². The van der Waals surface area contributed by atoms with E-state index in [9.17, 15) is 0 Å². The van der Waals surface area contributed by atoms with Gasteiger partial charge in [-0.2, -0.15) is 0 Å². The van der Waals surface area contributed by atoms with Gasteiger partial charge in [0.15, 0.2) is 23.0 Å². The zero-order chi connectivity index (χ0) is 21.2. The van der Waals surface area contributed by atoms with Gasteiger partial charge in [0.05, 0.1) is 56.2 Å². The summed E-state index contributed by atoms with van der Waals surface area (Å²) in [5.41, 5.74) is 3.75. The van der Waals surface area contributed by atoms with Crippen molar-refractivity contribution in [2.24, 2.45) is 0 Å². The second kappa shape index (κ2) is 9.96. The fourth-order valence-electron chi connectivity index (χ4n) is 4.24. The summed E-state index contributed by atoms with van der Waals surface area (Å²) in [6.45, 7) is 1.05. The van der Waals surface area contributed by atoms with Gasteiger partial charge < -0.3 is 52.1 Å². The van der Waals surface area contributed by atoms with Crippen LogP contribution in [-0.2, 0) is 12.8 Å². The van der Waals surface area contributed by atoms with E-state index in [4.69, 9.17) is 23.7 Å². The van der Waals surface area contributed by atoms with Crippen LogP contribution in [0.1, 0.15) is 22.7 Å². The van der Waals surface area contributed by atoms with Crippen molar-refractivity contribution in [2.45, 2.75) is 18.9 Å². The third kappa shape index (κ3) is 4.56. The molecule has 0 saturated carbocycles. The molecule has 0 fully saturated rings.